The van der Waals surface area contributed by atoms with Crippen LogP contribution in [-0.2, 0) is 4.79 Å². The molecule has 0 aliphatic carbocycles. The largest absolute Gasteiger partial charge is 0.468 e. The summed E-state index contributed by atoms with van der Waals surface area (Å²) in [4.78, 5) is 18.6. The Bertz CT molecular complexity index is 794. The van der Waals surface area contributed by atoms with Gasteiger partial charge in [-0.2, -0.15) is 0 Å². The summed E-state index contributed by atoms with van der Waals surface area (Å²) < 4.78 is 18.8. The van der Waals surface area contributed by atoms with Crippen LogP contribution in [0.5, 0.6) is 0 Å². The first-order valence-electron chi connectivity index (χ1n) is 9.43. The Morgan fingerprint density at radius 1 is 1.24 bits per heavy atom. The van der Waals surface area contributed by atoms with Crippen molar-refractivity contribution in [2.45, 2.75) is 18.9 Å². The van der Waals surface area contributed by atoms with Crippen LogP contribution in [0.4, 0.5) is 10.1 Å². The number of carbonyl (C=O) groups excluding carboxylic acids is 1. The number of benzene rings is 1. The molecule has 29 heavy (non-hydrogen) atoms. The van der Waals surface area contributed by atoms with Crippen molar-refractivity contribution >= 4 is 41.5 Å². The molecule has 1 aliphatic heterocycles. The summed E-state index contributed by atoms with van der Waals surface area (Å²) >= 11 is 0. The zero-order valence-corrected chi connectivity index (χ0v) is 18.7. The van der Waals surface area contributed by atoms with Gasteiger partial charge in [-0.1, -0.05) is 6.07 Å². The van der Waals surface area contributed by atoms with E-state index in [9.17, 15) is 9.18 Å². The smallest absolute Gasteiger partial charge is 0.243 e. The third kappa shape index (κ3) is 7.00. The number of aliphatic imine (C=N–C) groups is 1. The standard InChI is InChI=1S/C20H26FN5O2.HI/c1-22-20(24-14-19(27)25-16-7-4-6-15(21)12-16)23-13-17(18-8-5-11-28-18)26-9-2-3-10-26;/h4-8,11-12,17H,2-3,9-10,13-14H2,1H3,(H,25,27)(H2,22,23,24);1H. The van der Waals surface area contributed by atoms with Gasteiger partial charge in [0.1, 0.15) is 11.6 Å². The Labute approximate surface area is 187 Å². The topological polar surface area (TPSA) is 81.9 Å². The number of carbonyl (C=O) groups is 1. The number of amides is 1. The fraction of sp³-hybridized carbons (Fsp3) is 0.400. The van der Waals surface area contributed by atoms with Crippen LogP contribution in [0.2, 0.25) is 0 Å². The van der Waals surface area contributed by atoms with Crippen LogP contribution in [0.15, 0.2) is 52.1 Å². The van der Waals surface area contributed by atoms with Crippen molar-refractivity contribution in [3.05, 3.63) is 54.2 Å². The summed E-state index contributed by atoms with van der Waals surface area (Å²) in [6.45, 7) is 2.70. The molecule has 0 saturated carbocycles. The lowest BCUT2D eigenvalue weighted by Crippen LogP contribution is -2.44. The van der Waals surface area contributed by atoms with Crippen molar-refractivity contribution in [2.75, 3.05) is 38.5 Å². The summed E-state index contributed by atoms with van der Waals surface area (Å²) in [5.41, 5.74) is 0.418. The fourth-order valence-corrected chi connectivity index (χ4v) is 3.29. The van der Waals surface area contributed by atoms with E-state index in [1.807, 2.05) is 12.1 Å². The van der Waals surface area contributed by atoms with Crippen molar-refractivity contribution in [1.29, 1.82) is 0 Å². The number of nitrogens with zero attached hydrogens (tertiary/aromatic N) is 2. The van der Waals surface area contributed by atoms with E-state index in [1.165, 1.54) is 25.0 Å². The molecular formula is C20H27FIN5O2. The molecule has 1 aromatic carbocycles. The van der Waals surface area contributed by atoms with Crippen molar-refractivity contribution in [2.24, 2.45) is 4.99 Å². The second-order valence-electron chi connectivity index (χ2n) is 6.64. The highest BCUT2D eigenvalue weighted by atomic mass is 127. The molecule has 1 aliphatic rings. The maximum Gasteiger partial charge on any atom is 0.243 e. The van der Waals surface area contributed by atoms with E-state index in [0.717, 1.165) is 18.8 Å². The molecule has 9 heteroatoms. The van der Waals surface area contributed by atoms with E-state index in [0.29, 0.717) is 18.2 Å². The van der Waals surface area contributed by atoms with Crippen LogP contribution in [0, 0.1) is 5.82 Å². The van der Waals surface area contributed by atoms with Crippen LogP contribution >= 0.6 is 24.0 Å². The van der Waals surface area contributed by atoms with Gasteiger partial charge in [0, 0.05) is 19.3 Å². The molecule has 3 rings (SSSR count). The van der Waals surface area contributed by atoms with Gasteiger partial charge >= 0.3 is 0 Å². The minimum atomic E-state index is -0.394. The van der Waals surface area contributed by atoms with Crippen molar-refractivity contribution < 1.29 is 13.6 Å². The van der Waals surface area contributed by atoms with Crippen molar-refractivity contribution in [1.82, 2.24) is 15.5 Å². The zero-order valence-electron chi connectivity index (χ0n) is 16.4. The lowest BCUT2D eigenvalue weighted by Gasteiger charge is -2.26. The first-order chi connectivity index (χ1) is 13.7. The molecule has 1 fully saturated rings. The number of nitrogens with one attached hydrogen (secondary N) is 3. The summed E-state index contributed by atoms with van der Waals surface area (Å²) in [6.07, 6.45) is 4.05. The van der Waals surface area contributed by atoms with Crippen molar-refractivity contribution in [3.63, 3.8) is 0 Å². The highest BCUT2D eigenvalue weighted by molar-refractivity contribution is 14.0. The van der Waals surface area contributed by atoms with Gasteiger partial charge in [0.2, 0.25) is 5.91 Å². The maximum atomic E-state index is 13.2. The average molecular weight is 515 g/mol. The van der Waals surface area contributed by atoms with Gasteiger partial charge in [-0.15, -0.1) is 24.0 Å². The Morgan fingerprint density at radius 3 is 2.69 bits per heavy atom. The number of halogens is 2. The molecule has 3 N–H and O–H groups in total. The number of hydrogen-bond donors (Lipinski definition) is 3. The lowest BCUT2D eigenvalue weighted by atomic mass is 10.2. The third-order valence-corrected chi connectivity index (χ3v) is 4.66. The molecule has 7 nitrogen and oxygen atoms in total. The Balaban J connectivity index is 0.00000300. The second kappa shape index (κ2) is 11.8. The summed E-state index contributed by atoms with van der Waals surface area (Å²) in [6, 6.07) is 9.77. The molecule has 0 radical (unpaired) electrons. The van der Waals surface area contributed by atoms with Gasteiger partial charge in [-0.25, -0.2) is 4.39 Å². The number of rotatable bonds is 7. The van der Waals surface area contributed by atoms with E-state index in [2.05, 4.69) is 25.8 Å². The number of guanidine groups is 1. The van der Waals surface area contributed by atoms with Gasteiger partial charge in [0.15, 0.2) is 5.96 Å². The van der Waals surface area contributed by atoms with E-state index in [4.69, 9.17) is 4.42 Å². The van der Waals surface area contributed by atoms with Crippen LogP contribution in [-0.4, -0.2) is 50.0 Å². The number of anilines is 1. The lowest BCUT2D eigenvalue weighted by molar-refractivity contribution is -0.115. The minimum absolute atomic E-state index is 0. The molecule has 1 amide bonds. The second-order valence-corrected chi connectivity index (χ2v) is 6.64. The highest BCUT2D eigenvalue weighted by Gasteiger charge is 2.25. The number of hydrogen-bond acceptors (Lipinski definition) is 4. The number of likely N-dealkylation sites (tertiary alicyclic amines) is 1. The van der Waals surface area contributed by atoms with Gasteiger partial charge in [0.25, 0.3) is 0 Å². The normalized spacial score (nSPS) is 15.4. The summed E-state index contributed by atoms with van der Waals surface area (Å²) in [5.74, 6) is 0.753. The van der Waals surface area contributed by atoms with Gasteiger partial charge in [-0.05, 0) is 56.3 Å². The van der Waals surface area contributed by atoms with E-state index in [-0.39, 0.29) is 42.5 Å². The molecule has 1 aromatic heterocycles. The summed E-state index contributed by atoms with van der Waals surface area (Å²) in [7, 11) is 1.65. The highest BCUT2D eigenvalue weighted by Crippen LogP contribution is 2.24. The average Bonchev–Trinajstić information content (AvgIpc) is 3.39. The fourth-order valence-electron chi connectivity index (χ4n) is 3.29. The van der Waals surface area contributed by atoms with Crippen LogP contribution in [0.1, 0.15) is 24.6 Å². The number of furan rings is 1. The predicted octanol–water partition coefficient (Wildman–Crippen LogP) is 2.98. The zero-order chi connectivity index (χ0) is 19.8. The van der Waals surface area contributed by atoms with Crippen LogP contribution < -0.4 is 16.0 Å². The molecule has 2 aromatic rings. The molecule has 0 spiro atoms. The Kier molecular flexibility index (Phi) is 9.39. The molecule has 1 unspecified atom stereocenters. The van der Waals surface area contributed by atoms with Crippen molar-refractivity contribution in [3.8, 4) is 0 Å². The monoisotopic (exact) mass is 515 g/mol. The third-order valence-electron chi connectivity index (χ3n) is 4.66. The first-order valence-corrected chi connectivity index (χ1v) is 9.43. The van der Waals surface area contributed by atoms with E-state index in [1.54, 1.807) is 25.4 Å². The minimum Gasteiger partial charge on any atom is -0.468 e. The first kappa shape index (κ1) is 23.1. The Hall–Kier alpha value is -2.14. The molecule has 1 saturated heterocycles. The van der Waals surface area contributed by atoms with E-state index < -0.39 is 5.82 Å². The maximum absolute atomic E-state index is 13.2. The molecule has 158 valence electrons. The molecule has 2 heterocycles. The quantitative estimate of drug-likeness (QED) is 0.300. The summed E-state index contributed by atoms with van der Waals surface area (Å²) in [5, 5.41) is 8.89. The van der Waals surface area contributed by atoms with Crippen LogP contribution in [0.25, 0.3) is 0 Å². The Morgan fingerprint density at radius 2 is 2.03 bits per heavy atom. The molecule has 1 atom stereocenters. The van der Waals surface area contributed by atoms with E-state index >= 15 is 0 Å². The van der Waals surface area contributed by atoms with Gasteiger partial charge in [-0.3, -0.25) is 14.7 Å². The van der Waals surface area contributed by atoms with Crippen LogP contribution in [0.3, 0.4) is 0 Å². The predicted molar refractivity (Wildman–Crippen MR) is 122 cm³/mol. The van der Waals surface area contributed by atoms with Gasteiger partial charge < -0.3 is 20.4 Å². The molecular weight excluding hydrogens is 488 g/mol. The SMILES string of the molecule is CN=C(NCC(=O)Nc1cccc(F)c1)NCC(c1ccco1)N1CCCC1.I. The van der Waals surface area contributed by atoms with Gasteiger partial charge in [0.05, 0.1) is 18.8 Å². The molecule has 0 bridgehead atoms.